The molecule has 0 spiro atoms. The largest absolute Gasteiger partial charge is 0.476 e. The van der Waals surface area contributed by atoms with Crippen LogP contribution in [-0.2, 0) is 0 Å². The molecule has 2 N–H and O–H groups in total. The highest BCUT2D eigenvalue weighted by Gasteiger charge is 2.26. The van der Waals surface area contributed by atoms with E-state index in [1.54, 1.807) is 11.0 Å². The van der Waals surface area contributed by atoms with Gasteiger partial charge >= 0.3 is 5.97 Å². The number of hydrogen-bond acceptors (Lipinski definition) is 5. The second-order valence-electron chi connectivity index (χ2n) is 6.45. The number of nitrogens with one attached hydrogen (secondary N) is 1. The molecule has 0 aliphatic carbocycles. The van der Waals surface area contributed by atoms with Gasteiger partial charge in [0.05, 0.1) is 12.4 Å². The number of aromatic nitrogens is 2. The third-order valence-electron chi connectivity index (χ3n) is 4.60. The molecule has 1 fully saturated rings. The van der Waals surface area contributed by atoms with Gasteiger partial charge in [0.1, 0.15) is 5.69 Å². The Hall–Kier alpha value is -3.29. The predicted molar refractivity (Wildman–Crippen MR) is 96.6 cm³/mol. The SMILES string of the molecule is Cc1ccccc1C(=O)NC1CCN(C(=O)c2cnc(C(=O)O)cn2)CC1. The van der Waals surface area contributed by atoms with E-state index in [2.05, 4.69) is 15.3 Å². The summed E-state index contributed by atoms with van der Waals surface area (Å²) in [7, 11) is 0. The van der Waals surface area contributed by atoms with Crippen LogP contribution < -0.4 is 5.32 Å². The lowest BCUT2D eigenvalue weighted by Crippen LogP contribution is -2.46. The Balaban J connectivity index is 1.55. The molecule has 140 valence electrons. The summed E-state index contributed by atoms with van der Waals surface area (Å²) < 4.78 is 0. The van der Waals surface area contributed by atoms with Crippen molar-refractivity contribution in [3.63, 3.8) is 0 Å². The van der Waals surface area contributed by atoms with Crippen LogP contribution in [0.4, 0.5) is 0 Å². The van der Waals surface area contributed by atoms with Crippen LogP contribution in [0, 0.1) is 6.92 Å². The number of benzene rings is 1. The molecule has 1 aromatic carbocycles. The van der Waals surface area contributed by atoms with Crippen LogP contribution in [0.1, 0.15) is 49.7 Å². The van der Waals surface area contributed by atoms with E-state index < -0.39 is 5.97 Å². The third-order valence-corrected chi connectivity index (χ3v) is 4.60. The second kappa shape index (κ2) is 7.94. The van der Waals surface area contributed by atoms with Gasteiger partial charge < -0.3 is 15.3 Å². The van der Waals surface area contributed by atoms with Gasteiger partial charge in [-0.2, -0.15) is 0 Å². The molecule has 8 nitrogen and oxygen atoms in total. The van der Waals surface area contributed by atoms with Crippen molar-refractivity contribution < 1.29 is 19.5 Å². The molecule has 3 rings (SSSR count). The topological polar surface area (TPSA) is 112 Å². The van der Waals surface area contributed by atoms with Crippen LogP contribution >= 0.6 is 0 Å². The van der Waals surface area contributed by atoms with E-state index >= 15 is 0 Å². The van der Waals surface area contributed by atoms with Crippen LogP contribution in [0.3, 0.4) is 0 Å². The summed E-state index contributed by atoms with van der Waals surface area (Å²) in [5.74, 6) is -1.58. The number of rotatable bonds is 4. The third kappa shape index (κ3) is 4.28. The number of hydrogen-bond donors (Lipinski definition) is 2. The minimum atomic E-state index is -1.19. The first-order chi connectivity index (χ1) is 13.0. The maximum atomic E-state index is 12.5. The number of piperidine rings is 1. The number of likely N-dealkylation sites (tertiary alicyclic amines) is 1. The molecular weight excluding hydrogens is 348 g/mol. The maximum Gasteiger partial charge on any atom is 0.356 e. The first kappa shape index (κ1) is 18.5. The van der Waals surface area contributed by atoms with Gasteiger partial charge in [0.2, 0.25) is 0 Å². The first-order valence-corrected chi connectivity index (χ1v) is 8.67. The molecule has 0 radical (unpaired) electrons. The summed E-state index contributed by atoms with van der Waals surface area (Å²) in [6.07, 6.45) is 3.54. The number of carboxylic acids is 1. The van der Waals surface area contributed by atoms with E-state index in [0.29, 0.717) is 31.5 Å². The molecule has 0 saturated carbocycles. The maximum absolute atomic E-state index is 12.5. The quantitative estimate of drug-likeness (QED) is 0.846. The van der Waals surface area contributed by atoms with Gasteiger partial charge in [0.15, 0.2) is 5.69 Å². The minimum Gasteiger partial charge on any atom is -0.476 e. The van der Waals surface area contributed by atoms with Gasteiger partial charge in [0.25, 0.3) is 11.8 Å². The highest BCUT2D eigenvalue weighted by Crippen LogP contribution is 2.15. The number of carbonyl (C=O) groups is 3. The highest BCUT2D eigenvalue weighted by molar-refractivity contribution is 5.96. The lowest BCUT2D eigenvalue weighted by atomic mass is 10.0. The van der Waals surface area contributed by atoms with Crippen molar-refractivity contribution in [3.8, 4) is 0 Å². The van der Waals surface area contributed by atoms with Crippen LogP contribution in [-0.4, -0.2) is 56.9 Å². The standard InChI is InChI=1S/C19H20N4O4/c1-12-4-2-3-5-14(12)17(24)22-13-6-8-23(9-7-13)18(25)15-10-21-16(11-20-15)19(26)27/h2-5,10-11,13H,6-9H2,1H3,(H,22,24)(H,26,27). The molecule has 2 amide bonds. The van der Waals surface area contributed by atoms with E-state index in [9.17, 15) is 14.4 Å². The number of aryl methyl sites for hydroxylation is 1. The van der Waals surface area contributed by atoms with Crippen LogP contribution in [0.2, 0.25) is 0 Å². The van der Waals surface area contributed by atoms with Gasteiger partial charge in [-0.25, -0.2) is 14.8 Å². The van der Waals surface area contributed by atoms with Crippen molar-refractivity contribution in [2.45, 2.75) is 25.8 Å². The van der Waals surface area contributed by atoms with Crippen molar-refractivity contribution in [1.82, 2.24) is 20.2 Å². The summed E-state index contributed by atoms with van der Waals surface area (Å²) in [5.41, 5.74) is 1.49. The van der Waals surface area contributed by atoms with Gasteiger partial charge in [-0.15, -0.1) is 0 Å². The van der Waals surface area contributed by atoms with Crippen LogP contribution in [0.15, 0.2) is 36.7 Å². The Morgan fingerprint density at radius 2 is 1.70 bits per heavy atom. The molecule has 1 aliphatic heterocycles. The summed E-state index contributed by atoms with van der Waals surface area (Å²) in [4.78, 5) is 44.9. The number of nitrogens with zero attached hydrogens (tertiary/aromatic N) is 3. The number of carboxylic acid groups (broad SMARTS) is 1. The minimum absolute atomic E-state index is 0.00151. The molecule has 27 heavy (non-hydrogen) atoms. The molecule has 2 heterocycles. The normalized spacial score (nSPS) is 14.6. The summed E-state index contributed by atoms with van der Waals surface area (Å²) in [6.45, 7) is 2.87. The summed E-state index contributed by atoms with van der Waals surface area (Å²) in [6, 6.07) is 7.42. The Kier molecular flexibility index (Phi) is 5.44. The van der Waals surface area contributed by atoms with E-state index in [1.165, 1.54) is 6.20 Å². The van der Waals surface area contributed by atoms with E-state index in [1.807, 2.05) is 25.1 Å². The zero-order chi connectivity index (χ0) is 19.4. The molecule has 2 aromatic rings. The fraction of sp³-hybridized carbons (Fsp3) is 0.316. The molecular formula is C19H20N4O4. The monoisotopic (exact) mass is 368 g/mol. The average Bonchev–Trinajstić information content (AvgIpc) is 2.68. The molecule has 8 heteroatoms. The number of amides is 2. The fourth-order valence-corrected chi connectivity index (χ4v) is 3.03. The number of carbonyl (C=O) groups excluding carboxylic acids is 2. The smallest absolute Gasteiger partial charge is 0.356 e. The molecule has 0 atom stereocenters. The van der Waals surface area contributed by atoms with Crippen LogP contribution in [0.25, 0.3) is 0 Å². The highest BCUT2D eigenvalue weighted by atomic mass is 16.4. The zero-order valence-corrected chi connectivity index (χ0v) is 14.9. The lowest BCUT2D eigenvalue weighted by molar-refractivity contribution is 0.0672. The van der Waals surface area contributed by atoms with E-state index in [-0.39, 0.29) is 29.2 Å². The van der Waals surface area contributed by atoms with Crippen LogP contribution in [0.5, 0.6) is 0 Å². The second-order valence-corrected chi connectivity index (χ2v) is 6.45. The molecule has 1 saturated heterocycles. The fourth-order valence-electron chi connectivity index (χ4n) is 3.03. The van der Waals surface area contributed by atoms with Crippen molar-refractivity contribution in [2.75, 3.05) is 13.1 Å². The van der Waals surface area contributed by atoms with Crippen molar-refractivity contribution in [2.24, 2.45) is 0 Å². The molecule has 1 aromatic heterocycles. The molecule has 1 aliphatic rings. The Morgan fingerprint density at radius 1 is 1.07 bits per heavy atom. The van der Waals surface area contributed by atoms with Gasteiger partial charge in [-0.05, 0) is 31.4 Å². The Morgan fingerprint density at radius 3 is 2.30 bits per heavy atom. The van der Waals surface area contributed by atoms with E-state index in [4.69, 9.17) is 5.11 Å². The molecule has 0 unspecified atom stereocenters. The van der Waals surface area contributed by atoms with Gasteiger partial charge in [-0.3, -0.25) is 9.59 Å². The Labute approximate surface area is 156 Å². The van der Waals surface area contributed by atoms with Gasteiger partial charge in [-0.1, -0.05) is 18.2 Å². The lowest BCUT2D eigenvalue weighted by Gasteiger charge is -2.32. The van der Waals surface area contributed by atoms with E-state index in [0.717, 1.165) is 11.8 Å². The summed E-state index contributed by atoms with van der Waals surface area (Å²) >= 11 is 0. The number of aromatic carboxylic acids is 1. The first-order valence-electron chi connectivity index (χ1n) is 8.67. The predicted octanol–water partition coefficient (Wildman–Crippen LogP) is 1.52. The zero-order valence-electron chi connectivity index (χ0n) is 14.9. The summed E-state index contributed by atoms with van der Waals surface area (Å²) in [5, 5.41) is 11.9. The van der Waals surface area contributed by atoms with Crippen molar-refractivity contribution in [1.29, 1.82) is 0 Å². The van der Waals surface area contributed by atoms with Crippen molar-refractivity contribution in [3.05, 3.63) is 59.2 Å². The molecule has 0 bridgehead atoms. The average molecular weight is 368 g/mol. The Bertz CT molecular complexity index is 858. The van der Waals surface area contributed by atoms with Crippen molar-refractivity contribution >= 4 is 17.8 Å². The van der Waals surface area contributed by atoms with Gasteiger partial charge in [0, 0.05) is 24.7 Å².